The van der Waals surface area contributed by atoms with Crippen LogP contribution in [0, 0.1) is 0 Å². The smallest absolute Gasteiger partial charge is 0.394 e. The van der Waals surface area contributed by atoms with Gasteiger partial charge in [0.05, 0.1) is 63.9 Å². The molecule has 4 aliphatic rings. The number of amides is 10. The molecule has 125 heavy (non-hydrogen) atoms. The van der Waals surface area contributed by atoms with E-state index < -0.39 is 155 Å². The van der Waals surface area contributed by atoms with E-state index in [4.69, 9.17) is 42.9 Å². The van der Waals surface area contributed by atoms with Gasteiger partial charge in [-0.05, 0) is 109 Å². The van der Waals surface area contributed by atoms with Crippen LogP contribution in [-0.2, 0) is 95.0 Å². The van der Waals surface area contributed by atoms with Crippen LogP contribution in [0.15, 0.2) is 0 Å². The summed E-state index contributed by atoms with van der Waals surface area (Å²) in [6, 6.07) is -3.92. The Labute approximate surface area is 731 Å². The van der Waals surface area contributed by atoms with Crippen molar-refractivity contribution in [2.24, 2.45) is 0 Å². The molecule has 43 nitrogen and oxygen atoms in total. The highest BCUT2D eigenvalue weighted by molar-refractivity contribution is 7.46. The molecule has 0 aliphatic carbocycles. The Balaban J connectivity index is 1.31. The number of carbonyl (C=O) groups excluding carboxylic acids is 11. The zero-order valence-electron chi connectivity index (χ0n) is 72.9. The van der Waals surface area contributed by atoms with Crippen molar-refractivity contribution in [1.82, 2.24) is 58.1 Å². The Morgan fingerprint density at radius 1 is 0.408 bits per heavy atom. The van der Waals surface area contributed by atoms with Gasteiger partial charge in [0.1, 0.15) is 78.8 Å². The van der Waals surface area contributed by atoms with Crippen LogP contribution in [0.25, 0.3) is 0 Å². The number of nitrogens with one attached hydrogen (secondary N) is 10. The fourth-order valence-electron chi connectivity index (χ4n) is 14.9. The summed E-state index contributed by atoms with van der Waals surface area (Å²) in [6.45, 7) is 3.64. The number of hydrogen-bond donors (Lipinski definition) is 22. The lowest BCUT2D eigenvalue weighted by molar-refractivity contribution is -0.270. The number of carbonyl (C=O) groups is 11. The lowest BCUT2D eigenvalue weighted by Gasteiger charge is -2.42. The van der Waals surface area contributed by atoms with Crippen molar-refractivity contribution in [3.05, 3.63) is 0 Å². The van der Waals surface area contributed by atoms with Gasteiger partial charge in [0.15, 0.2) is 18.9 Å². The molecule has 4 aliphatic heterocycles. The number of aliphatic hydroxyl groups is 10. The van der Waals surface area contributed by atoms with Crippen molar-refractivity contribution in [3.63, 3.8) is 0 Å². The van der Waals surface area contributed by atoms with Crippen molar-refractivity contribution >= 4 is 72.7 Å². The number of rotatable bonds is 68. The number of Topliss-reactive ketones (excluding diaryl/α,β-unsaturated/α-hetero) is 1. The van der Waals surface area contributed by atoms with Crippen LogP contribution in [0.1, 0.15) is 226 Å². The van der Waals surface area contributed by atoms with Gasteiger partial charge >= 0.3 is 7.82 Å². The molecule has 10 amide bonds. The first-order chi connectivity index (χ1) is 59.7. The molecule has 0 saturated carbocycles. The van der Waals surface area contributed by atoms with Crippen molar-refractivity contribution in [1.29, 1.82) is 0 Å². The molecule has 0 spiro atoms. The molecule has 44 heteroatoms. The van der Waals surface area contributed by atoms with Gasteiger partial charge in [-0.2, -0.15) is 0 Å². The number of phosphoric acid groups is 1. The van der Waals surface area contributed by atoms with Gasteiger partial charge in [0, 0.05) is 131 Å². The number of unbranched alkanes of at least 4 members (excludes halogenated alkanes) is 12. The summed E-state index contributed by atoms with van der Waals surface area (Å²) in [5.74, 6) is -3.25. The van der Waals surface area contributed by atoms with Gasteiger partial charge in [-0.15, -0.1) is 0 Å². The van der Waals surface area contributed by atoms with E-state index in [1.165, 1.54) is 25.7 Å². The van der Waals surface area contributed by atoms with E-state index in [9.17, 15) is 108 Å². The summed E-state index contributed by atoms with van der Waals surface area (Å²) in [7, 11) is -4.76. The number of β-amino-alcohol motifs (C(OH)–C–C–N with tert-alkyl or cyclic N) is 1. The fraction of sp³-hybridized carbons (Fsp3) is 0.864. The summed E-state index contributed by atoms with van der Waals surface area (Å²) in [5.41, 5.74) is -1.01. The summed E-state index contributed by atoms with van der Waals surface area (Å²) < 4.78 is 56.1. The monoisotopic (exact) mass is 1820 g/mol. The molecule has 0 aromatic rings. The van der Waals surface area contributed by atoms with E-state index in [1.54, 1.807) is 0 Å². The number of likely N-dealkylation sites (tertiary alicyclic amines) is 1. The van der Waals surface area contributed by atoms with Gasteiger partial charge in [0.25, 0.3) is 0 Å². The average Bonchev–Trinajstić information content (AvgIpc) is 1.32. The first-order valence-corrected chi connectivity index (χ1v) is 45.9. The third-order valence-corrected chi connectivity index (χ3v) is 22.3. The number of nitrogens with zero attached hydrogens (tertiary/aromatic N) is 1. The highest BCUT2D eigenvalue weighted by Gasteiger charge is 2.48. The maximum atomic E-state index is 14.2. The van der Waals surface area contributed by atoms with Gasteiger partial charge in [-0.3, -0.25) is 57.3 Å². The van der Waals surface area contributed by atoms with E-state index in [0.29, 0.717) is 122 Å². The second-order valence-corrected chi connectivity index (χ2v) is 33.8. The zero-order chi connectivity index (χ0) is 92.1. The summed E-state index contributed by atoms with van der Waals surface area (Å²) in [6.07, 6.45) is -2.76. The lowest BCUT2D eigenvalue weighted by atomic mass is 9.86. The minimum atomic E-state index is -4.76. The third kappa shape index (κ3) is 46.2. The van der Waals surface area contributed by atoms with Gasteiger partial charge in [-0.1, -0.05) is 51.4 Å². The van der Waals surface area contributed by atoms with Crippen molar-refractivity contribution in [2.45, 2.75) is 336 Å². The molecular weight excluding hydrogens is 1670 g/mol. The molecular formula is C81H146N11O32P. The van der Waals surface area contributed by atoms with Crippen LogP contribution in [0.5, 0.6) is 0 Å². The van der Waals surface area contributed by atoms with Gasteiger partial charge < -0.3 is 152 Å². The minimum absolute atomic E-state index is 0.0209. The van der Waals surface area contributed by atoms with Crippen LogP contribution >= 0.6 is 7.82 Å². The molecule has 722 valence electrons. The average molecular weight is 1820 g/mol. The molecule has 4 saturated heterocycles. The summed E-state index contributed by atoms with van der Waals surface area (Å²) in [5, 5.41) is 130. The predicted molar refractivity (Wildman–Crippen MR) is 446 cm³/mol. The van der Waals surface area contributed by atoms with E-state index in [2.05, 4.69) is 57.7 Å². The SMILES string of the molecule is CC(=O)NC1C(OCCCCC(=O)CNCCCNC(=O)CCCCC(CCCCC(=O)NCCCNC(=O)CCCCOC2OC(CO)C(O)C(O)C2NC(C)=O)(COCCC(=O)NCCCNC(=O)CCCCOC2OC(CO)C(O)C(O)C2NC(C)=O)NC(=O)CCCCCCCCCCC(=O)N2C[C@H](O)C[C@H]2COP(=O)(O)O)OC(CO)C(O)C1O. The number of phosphoric ester groups is 1. The number of ether oxygens (including phenoxy) is 7. The molecule has 4 rings (SSSR count). The standard InChI is InChI=1S/C81H146N11O32P/c1-53(96)88-69-75(111)72(108)59(48-93)122-78(69)118-41-19-14-25-57(99)46-82-35-22-36-83-62(101)26-12-17-33-81(91-67(106)30-10-8-6-4-5-7-9-11-31-68(107)92-47-58(100)45-56(92)51-121-125(114,115)116,34-18-13-27-63(102)84-37-23-38-85-64(103)28-15-20-42-119-79-70(89-54(2)97)76(112)73(109)60(49-94)123-79)52-117-44-32-66(105)87-40-24-39-86-65(104)29-16-21-43-120-80-71(90-55(3)98)77(113)74(110)61(50-95)124-80/h56,58-61,69-80,82,93-95,100,108-113H,4-52H2,1-3H3,(H,83,101)(H,84,102)(H,85,103)(H,86,104)(H,87,105)(H,88,96)(H,89,97)(H,90,98)(H,91,106)(H2,114,115,116)/t56-,58+,59?,60?,61?,69?,70?,71?,72?,73?,74?,75?,76?,77?,78?,79?,80?,81?/m0/s1. The Kier molecular flexibility index (Phi) is 55.9. The molecule has 0 bridgehead atoms. The topological polar surface area (TPSA) is 645 Å². The molecule has 4 fully saturated rings. The van der Waals surface area contributed by atoms with Crippen molar-refractivity contribution < 1.29 is 156 Å². The Morgan fingerprint density at radius 3 is 1.14 bits per heavy atom. The van der Waals surface area contributed by atoms with E-state index in [1.807, 2.05) is 0 Å². The van der Waals surface area contributed by atoms with Gasteiger partial charge in [-0.25, -0.2) is 4.57 Å². The quantitative estimate of drug-likeness (QED) is 0.0209. The first-order valence-electron chi connectivity index (χ1n) is 44.4. The molecule has 18 atom stereocenters. The van der Waals surface area contributed by atoms with Crippen LogP contribution < -0.4 is 53.2 Å². The van der Waals surface area contributed by atoms with Gasteiger partial charge in [0.2, 0.25) is 59.1 Å². The Bertz CT molecular complexity index is 3110. The molecule has 0 aromatic heterocycles. The molecule has 0 aromatic carbocycles. The largest absolute Gasteiger partial charge is 0.469 e. The third-order valence-electron chi connectivity index (χ3n) is 21.8. The van der Waals surface area contributed by atoms with Crippen molar-refractivity contribution in [3.8, 4) is 0 Å². The first kappa shape index (κ1) is 111. The van der Waals surface area contributed by atoms with Crippen LogP contribution in [0.4, 0.5) is 0 Å². The molecule has 4 heterocycles. The highest BCUT2D eigenvalue weighted by atomic mass is 31.2. The summed E-state index contributed by atoms with van der Waals surface area (Å²) in [4.78, 5) is 160. The maximum Gasteiger partial charge on any atom is 0.469 e. The van der Waals surface area contributed by atoms with Crippen LogP contribution in [0.2, 0.25) is 0 Å². The Morgan fingerprint density at radius 2 is 0.752 bits per heavy atom. The number of hydrogen-bond acceptors (Lipinski definition) is 31. The van der Waals surface area contributed by atoms with Crippen LogP contribution in [0.3, 0.4) is 0 Å². The molecule has 16 unspecified atom stereocenters. The van der Waals surface area contributed by atoms with E-state index >= 15 is 0 Å². The highest BCUT2D eigenvalue weighted by Crippen LogP contribution is 2.37. The second-order valence-electron chi connectivity index (χ2n) is 32.6. The minimum Gasteiger partial charge on any atom is -0.394 e. The normalized spacial score (nSPS) is 24.9. The molecule has 0 radical (unpaired) electrons. The summed E-state index contributed by atoms with van der Waals surface area (Å²) >= 11 is 0. The Hall–Kier alpha value is -6.24. The van der Waals surface area contributed by atoms with E-state index in [-0.39, 0.29) is 184 Å². The predicted octanol–water partition coefficient (Wildman–Crippen LogP) is -3.36. The second kappa shape index (κ2) is 62.9. The number of ketones is 1. The fourth-order valence-corrected chi connectivity index (χ4v) is 15.3. The zero-order valence-corrected chi connectivity index (χ0v) is 73.8. The molecule has 22 N–H and O–H groups in total. The maximum absolute atomic E-state index is 14.2. The van der Waals surface area contributed by atoms with Crippen LogP contribution in [-0.4, -0.2) is 352 Å². The lowest BCUT2D eigenvalue weighted by Crippen LogP contribution is -2.64. The van der Waals surface area contributed by atoms with E-state index in [0.717, 1.165) is 38.5 Å². The van der Waals surface area contributed by atoms with Crippen molar-refractivity contribution in [2.75, 3.05) is 112 Å². The number of aliphatic hydroxyl groups excluding tert-OH is 10.